The van der Waals surface area contributed by atoms with Gasteiger partial charge in [0.1, 0.15) is 5.70 Å². The molecule has 0 saturated carbocycles. The minimum atomic E-state index is -1.77. The molecule has 0 amide bonds. The van der Waals surface area contributed by atoms with Gasteiger partial charge in [0, 0.05) is 18.0 Å². The van der Waals surface area contributed by atoms with Gasteiger partial charge in [-0.25, -0.2) is 0 Å². The van der Waals surface area contributed by atoms with Crippen LogP contribution in [0.25, 0.3) is 0 Å². The zero-order chi connectivity index (χ0) is 17.6. The minimum Gasteiger partial charge on any atom is -0.355 e. The van der Waals surface area contributed by atoms with Gasteiger partial charge in [0.15, 0.2) is 6.04 Å². The Morgan fingerprint density at radius 2 is 1.79 bits per heavy atom. The first-order valence-electron chi connectivity index (χ1n) is 6.55. The van der Waals surface area contributed by atoms with Crippen molar-refractivity contribution in [3.05, 3.63) is 84.2 Å². The molecule has 1 aromatic rings. The molecule has 0 bridgehead atoms. The fraction of sp³-hybridized carbons (Fsp3) is 0.154. The van der Waals surface area contributed by atoms with Gasteiger partial charge in [0.05, 0.1) is 10.6 Å². The molecule has 1 atom stereocenters. The normalized spacial score (nSPS) is 22.0. The molecule has 1 aliphatic carbocycles. The summed E-state index contributed by atoms with van der Waals surface area (Å²) in [5.41, 5.74) is -0.733. The average Bonchev–Trinajstić information content (AvgIpc) is 2.80. The van der Waals surface area contributed by atoms with Crippen LogP contribution in [-0.4, -0.2) is 26.7 Å². The number of likely N-dealkylation sites (N-methyl/N-ethyl adjacent to an activating group) is 1. The zero-order valence-corrected chi connectivity index (χ0v) is 12.9. The highest BCUT2D eigenvalue weighted by atomic mass is 32.2. The molecule has 3 rings (SSSR count). The first-order valence-corrected chi connectivity index (χ1v) is 7.37. The Balaban J connectivity index is 2.25. The van der Waals surface area contributed by atoms with Crippen LogP contribution in [-0.2, 0) is 0 Å². The predicted octanol–water partition coefficient (Wildman–Crippen LogP) is 2.07. The lowest BCUT2D eigenvalue weighted by molar-refractivity contribution is -0.483. The van der Waals surface area contributed by atoms with Gasteiger partial charge in [0.2, 0.25) is 4.87 Å². The first kappa shape index (κ1) is 15.8. The van der Waals surface area contributed by atoms with E-state index >= 15 is 0 Å². The van der Waals surface area contributed by atoms with Crippen molar-refractivity contribution in [1.82, 2.24) is 0 Å². The lowest BCUT2D eigenvalue weighted by atomic mass is 9.95. The van der Waals surface area contributed by atoms with E-state index in [9.17, 15) is 30.3 Å². The van der Waals surface area contributed by atoms with Crippen LogP contribution in [0, 0.1) is 36.4 Å². The molecular formula is C13H9N4O6S-. The first-order chi connectivity index (χ1) is 11.3. The van der Waals surface area contributed by atoms with E-state index in [0.717, 1.165) is 23.9 Å². The quantitative estimate of drug-likeness (QED) is 0.460. The summed E-state index contributed by atoms with van der Waals surface area (Å²) in [4.78, 5) is 31.9. The van der Waals surface area contributed by atoms with E-state index in [2.05, 4.69) is 0 Å². The highest BCUT2D eigenvalue weighted by Crippen LogP contribution is 2.58. The summed E-state index contributed by atoms with van der Waals surface area (Å²) < 4.78 is 0. The number of para-hydroxylation sites is 1. The monoisotopic (exact) mass is 349 g/mol. The molecule has 124 valence electrons. The molecule has 10 nitrogen and oxygen atoms in total. The molecule has 0 fully saturated rings. The number of benzene rings is 1. The molecule has 0 saturated heterocycles. The summed E-state index contributed by atoms with van der Waals surface area (Å²) in [5.74, 6) is 0. The zero-order valence-electron chi connectivity index (χ0n) is 12.1. The topological polar surface area (TPSA) is 133 Å². The second-order valence-electron chi connectivity index (χ2n) is 5.03. The predicted molar refractivity (Wildman–Crippen MR) is 83.8 cm³/mol. The van der Waals surface area contributed by atoms with Gasteiger partial charge in [-0.1, -0.05) is 30.0 Å². The molecule has 0 aromatic heterocycles. The number of nitrogens with zero attached hydrogens (tertiary/aromatic N) is 4. The third-order valence-electron chi connectivity index (χ3n) is 3.82. The average molecular weight is 349 g/mol. The highest BCUT2D eigenvalue weighted by molar-refractivity contribution is 8.01. The van der Waals surface area contributed by atoms with Crippen molar-refractivity contribution in [1.29, 1.82) is 0 Å². The van der Waals surface area contributed by atoms with E-state index in [1.54, 1.807) is 24.3 Å². The minimum absolute atomic E-state index is 0.576. The Kier molecular flexibility index (Phi) is 3.44. The van der Waals surface area contributed by atoms with Gasteiger partial charge in [0.25, 0.3) is 5.70 Å². The maximum absolute atomic E-state index is 11.6. The molecule has 0 radical (unpaired) electrons. The van der Waals surface area contributed by atoms with Gasteiger partial charge < -0.3 is 4.90 Å². The molecule has 1 spiro atoms. The van der Waals surface area contributed by atoms with Crippen molar-refractivity contribution in [3.63, 3.8) is 0 Å². The molecule has 1 heterocycles. The largest absolute Gasteiger partial charge is 0.355 e. The second-order valence-corrected chi connectivity index (χ2v) is 6.26. The standard InChI is InChI=1S/C13H9N4O6S/c1-14-9-4-2-3-5-10(9)24-13(14)11(16(20)21)6-8(15(18)19)7-12(13)17(22)23/h2-7H,1H3/q-1. The summed E-state index contributed by atoms with van der Waals surface area (Å²) in [6.07, 6.45) is 1.56. The number of anilines is 1. The number of thioether (sulfide) groups is 1. The van der Waals surface area contributed by atoms with E-state index in [0.29, 0.717) is 10.6 Å². The van der Waals surface area contributed by atoms with Crippen LogP contribution in [0.1, 0.15) is 0 Å². The van der Waals surface area contributed by atoms with Crippen LogP contribution in [0.15, 0.2) is 52.7 Å². The van der Waals surface area contributed by atoms with E-state index in [1.165, 1.54) is 11.9 Å². The Bertz CT molecular complexity index is 838. The summed E-state index contributed by atoms with van der Waals surface area (Å²) in [5, 5.41) is 34.1. The maximum atomic E-state index is 11.6. The maximum Gasteiger partial charge on any atom is 0.264 e. The van der Waals surface area contributed by atoms with Crippen LogP contribution in [0.3, 0.4) is 0 Å². The lowest BCUT2D eigenvalue weighted by Crippen LogP contribution is -2.52. The van der Waals surface area contributed by atoms with Crippen LogP contribution in [0.2, 0.25) is 0 Å². The molecule has 1 unspecified atom stereocenters. The molecule has 11 heteroatoms. The van der Waals surface area contributed by atoms with Crippen molar-refractivity contribution >= 4 is 17.4 Å². The Morgan fingerprint density at radius 1 is 1.12 bits per heavy atom. The fourth-order valence-electron chi connectivity index (χ4n) is 2.77. The smallest absolute Gasteiger partial charge is 0.264 e. The van der Waals surface area contributed by atoms with Crippen LogP contribution >= 0.6 is 11.8 Å². The van der Waals surface area contributed by atoms with Crippen LogP contribution in [0.4, 0.5) is 5.69 Å². The number of allylic oxidation sites excluding steroid dienone is 1. The number of rotatable bonds is 3. The van der Waals surface area contributed by atoms with Crippen LogP contribution in [0.5, 0.6) is 0 Å². The fourth-order valence-corrected chi connectivity index (χ4v) is 4.26. The Labute approximate surface area is 138 Å². The van der Waals surface area contributed by atoms with Crippen molar-refractivity contribution in [2.24, 2.45) is 0 Å². The van der Waals surface area contributed by atoms with Gasteiger partial charge in [-0.3, -0.25) is 30.3 Å². The van der Waals surface area contributed by atoms with Gasteiger partial charge in [-0.15, -0.1) is 0 Å². The summed E-state index contributed by atoms with van der Waals surface area (Å²) >= 11 is 0.924. The van der Waals surface area contributed by atoms with Crippen molar-refractivity contribution in [2.75, 3.05) is 11.9 Å². The summed E-state index contributed by atoms with van der Waals surface area (Å²) in [6.45, 7) is 0. The van der Waals surface area contributed by atoms with Crippen LogP contribution < -0.4 is 4.90 Å². The molecule has 0 N–H and O–H groups in total. The number of fused-ring (bicyclic) bond motifs is 1. The SMILES string of the molecule is CN1c2ccccc2SC12C([N+](=O)[O-])=CC([N+](=O)[O-])=C[C-]2[N+](=O)[O-]. The van der Waals surface area contributed by atoms with E-state index in [1.807, 2.05) is 0 Å². The van der Waals surface area contributed by atoms with Crippen molar-refractivity contribution in [3.8, 4) is 0 Å². The number of hydrogen-bond donors (Lipinski definition) is 0. The van der Waals surface area contributed by atoms with E-state index in [4.69, 9.17) is 0 Å². The molecule has 1 aromatic carbocycles. The Morgan fingerprint density at radius 3 is 2.33 bits per heavy atom. The van der Waals surface area contributed by atoms with E-state index < -0.39 is 37.1 Å². The van der Waals surface area contributed by atoms with Gasteiger partial charge in [-0.2, -0.15) is 0 Å². The molecule has 2 aliphatic rings. The number of hydrogen-bond acceptors (Lipinski definition) is 8. The molecular weight excluding hydrogens is 340 g/mol. The highest BCUT2D eigenvalue weighted by Gasteiger charge is 2.60. The molecule has 24 heavy (non-hydrogen) atoms. The number of nitro groups is 3. The summed E-state index contributed by atoms with van der Waals surface area (Å²) in [6, 6.07) is 6.16. The van der Waals surface area contributed by atoms with Crippen molar-refractivity contribution < 1.29 is 14.8 Å². The van der Waals surface area contributed by atoms with Crippen molar-refractivity contribution in [2.45, 2.75) is 9.77 Å². The van der Waals surface area contributed by atoms with Gasteiger partial charge in [-0.05, 0) is 22.0 Å². The molecule has 1 aliphatic heterocycles. The third-order valence-corrected chi connectivity index (χ3v) is 5.38. The second kappa shape index (κ2) is 5.23. The van der Waals surface area contributed by atoms with E-state index in [-0.39, 0.29) is 0 Å². The Hall–Kier alpha value is -3.08. The van der Waals surface area contributed by atoms with Gasteiger partial charge >= 0.3 is 0 Å². The lowest BCUT2D eigenvalue weighted by Gasteiger charge is -2.40. The summed E-state index contributed by atoms with van der Waals surface area (Å²) in [7, 11) is 1.49. The third kappa shape index (κ3) is 2.01.